The van der Waals surface area contributed by atoms with Crippen LogP contribution in [0, 0.1) is 5.41 Å². The molecule has 1 aliphatic rings. The highest BCUT2D eigenvalue weighted by molar-refractivity contribution is 6.30. The van der Waals surface area contributed by atoms with Crippen LogP contribution < -0.4 is 10.6 Å². The van der Waals surface area contributed by atoms with E-state index in [1.165, 1.54) is 0 Å². The van der Waals surface area contributed by atoms with Crippen LogP contribution in [0.25, 0.3) is 0 Å². The SMILES string of the molecule is CC(NC(=O)C1(C(F)(F)F)CCNC1)c1ccc(Cl)cc1. The van der Waals surface area contributed by atoms with Gasteiger partial charge in [-0.25, -0.2) is 0 Å². The van der Waals surface area contributed by atoms with Crippen LogP contribution in [0.3, 0.4) is 0 Å². The highest BCUT2D eigenvalue weighted by atomic mass is 35.5. The molecule has 1 fully saturated rings. The first-order valence-electron chi connectivity index (χ1n) is 6.60. The summed E-state index contributed by atoms with van der Waals surface area (Å²) in [5, 5.41) is 5.62. The number of rotatable bonds is 3. The number of benzene rings is 1. The van der Waals surface area contributed by atoms with Crippen molar-refractivity contribution < 1.29 is 18.0 Å². The summed E-state index contributed by atoms with van der Waals surface area (Å²) in [6.45, 7) is 1.45. The van der Waals surface area contributed by atoms with E-state index in [1.54, 1.807) is 31.2 Å². The van der Waals surface area contributed by atoms with Gasteiger partial charge in [0.1, 0.15) is 0 Å². The number of carbonyl (C=O) groups is 1. The summed E-state index contributed by atoms with van der Waals surface area (Å²) in [5.74, 6) is -0.984. The molecule has 0 spiro atoms. The van der Waals surface area contributed by atoms with E-state index in [1.807, 2.05) is 0 Å². The van der Waals surface area contributed by atoms with Gasteiger partial charge in [-0.1, -0.05) is 23.7 Å². The molecule has 2 N–H and O–H groups in total. The molecule has 7 heteroatoms. The Labute approximate surface area is 125 Å². The Morgan fingerprint density at radius 2 is 2.00 bits per heavy atom. The number of hydrogen-bond acceptors (Lipinski definition) is 2. The zero-order valence-electron chi connectivity index (χ0n) is 11.4. The molecule has 116 valence electrons. The lowest BCUT2D eigenvalue weighted by atomic mass is 9.84. The number of amides is 1. The predicted molar refractivity (Wildman–Crippen MR) is 74.0 cm³/mol. The number of nitrogens with one attached hydrogen (secondary N) is 2. The smallest absolute Gasteiger partial charge is 0.349 e. The summed E-state index contributed by atoms with van der Waals surface area (Å²) >= 11 is 5.76. The van der Waals surface area contributed by atoms with Gasteiger partial charge < -0.3 is 10.6 Å². The third-order valence-corrected chi connectivity index (χ3v) is 4.10. The molecule has 2 atom stereocenters. The van der Waals surface area contributed by atoms with Gasteiger partial charge in [0, 0.05) is 11.6 Å². The molecule has 1 aromatic carbocycles. The summed E-state index contributed by atoms with van der Waals surface area (Å²) in [6.07, 6.45) is -4.81. The minimum atomic E-state index is -4.57. The lowest BCUT2D eigenvalue weighted by Crippen LogP contribution is -2.52. The molecule has 0 aliphatic carbocycles. The Kier molecular flexibility index (Phi) is 4.49. The number of halogens is 4. The largest absolute Gasteiger partial charge is 0.404 e. The first kappa shape index (κ1) is 16.1. The van der Waals surface area contributed by atoms with E-state index in [-0.39, 0.29) is 19.5 Å². The maximum absolute atomic E-state index is 13.3. The fourth-order valence-electron chi connectivity index (χ4n) is 2.43. The van der Waals surface area contributed by atoms with Crippen LogP contribution in [0.1, 0.15) is 24.9 Å². The van der Waals surface area contributed by atoms with Crippen molar-refractivity contribution in [2.75, 3.05) is 13.1 Å². The molecule has 1 heterocycles. The van der Waals surface area contributed by atoms with E-state index in [4.69, 9.17) is 11.6 Å². The van der Waals surface area contributed by atoms with Gasteiger partial charge in [-0.3, -0.25) is 4.79 Å². The number of alkyl halides is 3. The van der Waals surface area contributed by atoms with Gasteiger partial charge in [-0.2, -0.15) is 13.2 Å². The van der Waals surface area contributed by atoms with Crippen molar-refractivity contribution in [3.05, 3.63) is 34.9 Å². The Morgan fingerprint density at radius 1 is 1.38 bits per heavy atom. The van der Waals surface area contributed by atoms with E-state index >= 15 is 0 Å². The molecule has 2 rings (SSSR count). The molecule has 0 radical (unpaired) electrons. The topological polar surface area (TPSA) is 41.1 Å². The van der Waals surface area contributed by atoms with Crippen LogP contribution in [0.15, 0.2) is 24.3 Å². The molecule has 1 aromatic rings. The minimum absolute atomic E-state index is 0.183. The van der Waals surface area contributed by atoms with E-state index in [9.17, 15) is 18.0 Å². The van der Waals surface area contributed by atoms with Crippen molar-refractivity contribution in [3.63, 3.8) is 0 Å². The van der Waals surface area contributed by atoms with Crippen molar-refractivity contribution in [2.45, 2.75) is 25.6 Å². The zero-order valence-corrected chi connectivity index (χ0v) is 12.2. The van der Waals surface area contributed by atoms with Crippen LogP contribution in [0.2, 0.25) is 5.02 Å². The third kappa shape index (κ3) is 3.16. The molecule has 2 unspecified atom stereocenters. The molecular formula is C14H16ClF3N2O. The van der Waals surface area contributed by atoms with Crippen molar-refractivity contribution >= 4 is 17.5 Å². The van der Waals surface area contributed by atoms with Crippen molar-refractivity contribution in [2.24, 2.45) is 5.41 Å². The Balaban J connectivity index is 2.14. The van der Waals surface area contributed by atoms with Gasteiger partial charge in [0.25, 0.3) is 0 Å². The average Bonchev–Trinajstić information content (AvgIpc) is 2.89. The maximum Gasteiger partial charge on any atom is 0.404 e. The van der Waals surface area contributed by atoms with Gasteiger partial charge in [0.05, 0.1) is 6.04 Å². The second kappa shape index (κ2) is 5.85. The lowest BCUT2D eigenvalue weighted by molar-refractivity contribution is -0.216. The first-order valence-corrected chi connectivity index (χ1v) is 6.98. The summed E-state index contributed by atoms with van der Waals surface area (Å²) in [6, 6.07) is 6.11. The van der Waals surface area contributed by atoms with E-state index < -0.39 is 23.5 Å². The van der Waals surface area contributed by atoms with Crippen molar-refractivity contribution in [1.82, 2.24) is 10.6 Å². The predicted octanol–water partition coefficient (Wildman–Crippen LogP) is 3.06. The van der Waals surface area contributed by atoms with E-state index in [0.717, 1.165) is 0 Å². The molecule has 0 bridgehead atoms. The highest BCUT2D eigenvalue weighted by Crippen LogP contribution is 2.43. The van der Waals surface area contributed by atoms with Crippen LogP contribution in [-0.4, -0.2) is 25.2 Å². The zero-order chi connectivity index (χ0) is 15.7. The monoisotopic (exact) mass is 320 g/mol. The Hall–Kier alpha value is -1.27. The van der Waals surface area contributed by atoms with Crippen LogP contribution in [0.4, 0.5) is 13.2 Å². The second-order valence-corrected chi connectivity index (χ2v) is 5.69. The summed E-state index contributed by atoms with van der Waals surface area (Å²) in [4.78, 5) is 12.2. The maximum atomic E-state index is 13.3. The normalized spacial score (nSPS) is 23.9. The lowest BCUT2D eigenvalue weighted by Gasteiger charge is -2.31. The minimum Gasteiger partial charge on any atom is -0.349 e. The summed E-state index contributed by atoms with van der Waals surface area (Å²) < 4.78 is 39.8. The molecular weight excluding hydrogens is 305 g/mol. The average molecular weight is 321 g/mol. The van der Waals surface area contributed by atoms with E-state index in [0.29, 0.717) is 10.6 Å². The quantitative estimate of drug-likeness (QED) is 0.898. The number of hydrogen-bond donors (Lipinski definition) is 2. The molecule has 1 amide bonds. The summed E-state index contributed by atoms with van der Waals surface area (Å²) in [5.41, 5.74) is -1.63. The van der Waals surface area contributed by atoms with Crippen LogP contribution in [-0.2, 0) is 4.79 Å². The second-order valence-electron chi connectivity index (χ2n) is 5.25. The molecule has 1 aliphatic heterocycles. The number of carbonyl (C=O) groups excluding carboxylic acids is 1. The Morgan fingerprint density at radius 3 is 2.48 bits per heavy atom. The molecule has 3 nitrogen and oxygen atoms in total. The summed E-state index contributed by atoms with van der Waals surface area (Å²) in [7, 11) is 0. The Bertz CT molecular complexity index is 510. The van der Waals surface area contributed by atoms with Gasteiger partial charge in [0.2, 0.25) is 5.91 Å². The molecule has 1 saturated heterocycles. The van der Waals surface area contributed by atoms with Crippen LogP contribution >= 0.6 is 11.6 Å². The fourth-order valence-corrected chi connectivity index (χ4v) is 2.55. The van der Waals surface area contributed by atoms with Crippen LogP contribution in [0.5, 0.6) is 0 Å². The first-order chi connectivity index (χ1) is 9.76. The molecule has 0 aromatic heterocycles. The molecule has 21 heavy (non-hydrogen) atoms. The van der Waals surface area contributed by atoms with Gasteiger partial charge in [0.15, 0.2) is 5.41 Å². The van der Waals surface area contributed by atoms with Gasteiger partial charge in [-0.05, 0) is 37.6 Å². The van der Waals surface area contributed by atoms with Crippen molar-refractivity contribution in [3.8, 4) is 0 Å². The molecule has 0 saturated carbocycles. The van der Waals surface area contributed by atoms with Crippen molar-refractivity contribution in [1.29, 1.82) is 0 Å². The fraction of sp³-hybridized carbons (Fsp3) is 0.500. The third-order valence-electron chi connectivity index (χ3n) is 3.85. The van der Waals surface area contributed by atoms with E-state index in [2.05, 4.69) is 10.6 Å². The van der Waals surface area contributed by atoms with Gasteiger partial charge >= 0.3 is 6.18 Å². The van der Waals surface area contributed by atoms with Gasteiger partial charge in [-0.15, -0.1) is 0 Å². The standard InChI is InChI=1S/C14H16ClF3N2O/c1-9(10-2-4-11(15)5-3-10)20-12(21)13(14(16,17)18)6-7-19-8-13/h2-5,9,19H,6-8H2,1H3,(H,20,21). The highest BCUT2D eigenvalue weighted by Gasteiger charge is 2.61.